The molecule has 1 aliphatic rings. The summed E-state index contributed by atoms with van der Waals surface area (Å²) >= 11 is 1.29. The zero-order valence-electron chi connectivity index (χ0n) is 10.7. The van der Waals surface area contributed by atoms with Crippen LogP contribution in [-0.4, -0.2) is 12.3 Å². The van der Waals surface area contributed by atoms with Crippen LogP contribution in [0.4, 0.5) is 10.7 Å². The normalized spacial score (nSPS) is 16.1. The third-order valence-electron chi connectivity index (χ3n) is 3.71. The van der Waals surface area contributed by atoms with Crippen molar-refractivity contribution in [2.75, 3.05) is 17.6 Å². The van der Waals surface area contributed by atoms with Gasteiger partial charge < -0.3 is 11.1 Å². The third-order valence-corrected chi connectivity index (χ3v) is 4.97. The minimum atomic E-state index is -0.0846. The van der Waals surface area contributed by atoms with Gasteiger partial charge in [-0.2, -0.15) is 5.26 Å². The smallest absolute Gasteiger partial charge is 0.171 e. The molecule has 0 amide bonds. The molecule has 0 saturated heterocycles. The van der Waals surface area contributed by atoms with Crippen molar-refractivity contribution in [1.29, 1.82) is 5.26 Å². The number of nitrogens with one attached hydrogen (secondary N) is 1. The average molecular weight is 263 g/mol. The molecule has 3 N–H and O–H groups in total. The minimum absolute atomic E-state index is 0.0846. The molecule has 0 spiro atoms. The van der Waals surface area contributed by atoms with Crippen molar-refractivity contribution in [3.63, 3.8) is 0 Å². The number of nitrogen functional groups attached to an aromatic ring is 1. The molecule has 18 heavy (non-hydrogen) atoms. The fraction of sp³-hybridized carbons (Fsp3) is 0.538. The molecule has 0 unspecified atom stereocenters. The van der Waals surface area contributed by atoms with Crippen LogP contribution in [0.1, 0.15) is 48.3 Å². The molecule has 0 aromatic carbocycles. The SMILES string of the molecule is CCC1(CNc2sc(C(C)=O)c(N)c2C#N)CC1. The first-order valence-electron chi connectivity index (χ1n) is 6.10. The van der Waals surface area contributed by atoms with Gasteiger partial charge in [-0.1, -0.05) is 6.92 Å². The Hall–Kier alpha value is -1.54. The maximum absolute atomic E-state index is 11.4. The lowest BCUT2D eigenvalue weighted by Crippen LogP contribution is -2.14. The predicted octanol–water partition coefficient (Wildman–Crippen LogP) is 3.01. The van der Waals surface area contributed by atoms with Crippen LogP contribution in [0.2, 0.25) is 0 Å². The van der Waals surface area contributed by atoms with Crippen LogP contribution in [-0.2, 0) is 0 Å². The van der Waals surface area contributed by atoms with Gasteiger partial charge in [0.05, 0.1) is 10.6 Å². The Bertz CT molecular complexity index is 523. The molecular weight excluding hydrogens is 246 g/mol. The van der Waals surface area contributed by atoms with Crippen molar-refractivity contribution in [2.24, 2.45) is 5.41 Å². The van der Waals surface area contributed by atoms with Crippen LogP contribution in [0.3, 0.4) is 0 Å². The van der Waals surface area contributed by atoms with Crippen molar-refractivity contribution < 1.29 is 4.79 Å². The molecule has 0 bridgehead atoms. The third kappa shape index (κ3) is 2.21. The van der Waals surface area contributed by atoms with Crippen molar-refractivity contribution in [1.82, 2.24) is 0 Å². The molecule has 96 valence electrons. The van der Waals surface area contributed by atoms with Crippen LogP contribution < -0.4 is 11.1 Å². The van der Waals surface area contributed by atoms with Gasteiger partial charge in [0.2, 0.25) is 0 Å². The summed E-state index contributed by atoms with van der Waals surface area (Å²) in [6, 6.07) is 2.08. The molecule has 0 radical (unpaired) electrons. The number of hydrogen-bond donors (Lipinski definition) is 2. The number of hydrogen-bond acceptors (Lipinski definition) is 5. The molecule has 5 heteroatoms. The molecule has 1 fully saturated rings. The van der Waals surface area contributed by atoms with Crippen LogP contribution in [0.15, 0.2) is 0 Å². The van der Waals surface area contributed by atoms with Crippen molar-refractivity contribution >= 4 is 27.8 Å². The highest BCUT2D eigenvalue weighted by atomic mass is 32.1. The number of nitriles is 1. The van der Waals surface area contributed by atoms with E-state index in [1.165, 1.54) is 31.1 Å². The second kappa shape index (κ2) is 4.62. The molecule has 2 rings (SSSR count). The summed E-state index contributed by atoms with van der Waals surface area (Å²) in [5.74, 6) is -0.0846. The Labute approximate surface area is 111 Å². The van der Waals surface area contributed by atoms with Gasteiger partial charge in [-0.25, -0.2) is 0 Å². The van der Waals surface area contributed by atoms with Gasteiger partial charge in [0, 0.05) is 13.5 Å². The van der Waals surface area contributed by atoms with E-state index in [-0.39, 0.29) is 5.78 Å². The molecule has 0 aliphatic heterocycles. The second-order valence-corrected chi connectivity index (χ2v) is 5.94. The standard InChI is InChI=1S/C13H17N3OS/c1-3-13(4-5-13)7-16-12-9(6-14)10(15)11(18-12)8(2)17/h16H,3-5,7,15H2,1-2H3. The van der Waals surface area contributed by atoms with E-state index in [0.717, 1.165) is 18.0 Å². The zero-order chi connectivity index (χ0) is 13.3. The van der Waals surface area contributed by atoms with E-state index in [2.05, 4.69) is 18.3 Å². The van der Waals surface area contributed by atoms with Gasteiger partial charge in [0.1, 0.15) is 16.6 Å². The Kier molecular flexibility index (Phi) is 3.31. The number of ketones is 1. The highest BCUT2D eigenvalue weighted by Gasteiger charge is 2.40. The van der Waals surface area contributed by atoms with Crippen LogP contribution in [0, 0.1) is 16.7 Å². The van der Waals surface area contributed by atoms with Gasteiger partial charge in [-0.3, -0.25) is 4.79 Å². The molecule has 1 heterocycles. The maximum atomic E-state index is 11.4. The number of carbonyl (C=O) groups excluding carboxylic acids is 1. The maximum Gasteiger partial charge on any atom is 0.171 e. The Morgan fingerprint density at radius 1 is 1.61 bits per heavy atom. The number of anilines is 2. The van der Waals surface area contributed by atoms with Gasteiger partial charge in [0.25, 0.3) is 0 Å². The van der Waals surface area contributed by atoms with Crippen LogP contribution in [0.25, 0.3) is 0 Å². The molecular formula is C13H17N3OS. The van der Waals surface area contributed by atoms with E-state index >= 15 is 0 Å². The lowest BCUT2D eigenvalue weighted by Gasteiger charge is -2.13. The van der Waals surface area contributed by atoms with Gasteiger partial charge in [-0.05, 0) is 24.7 Å². The van der Waals surface area contributed by atoms with Gasteiger partial charge in [-0.15, -0.1) is 11.3 Å². The van der Waals surface area contributed by atoms with Gasteiger partial charge >= 0.3 is 0 Å². The van der Waals surface area contributed by atoms with E-state index in [9.17, 15) is 4.79 Å². The zero-order valence-corrected chi connectivity index (χ0v) is 11.5. The van der Waals surface area contributed by atoms with Gasteiger partial charge in [0.15, 0.2) is 5.78 Å². The van der Waals surface area contributed by atoms with Crippen molar-refractivity contribution in [3.8, 4) is 6.07 Å². The molecule has 0 atom stereocenters. The highest BCUT2D eigenvalue weighted by Crippen LogP contribution is 2.49. The molecule has 1 aliphatic carbocycles. The first-order chi connectivity index (χ1) is 8.53. The number of rotatable bonds is 5. The van der Waals surface area contributed by atoms with Crippen LogP contribution >= 0.6 is 11.3 Å². The molecule has 1 saturated carbocycles. The van der Waals surface area contributed by atoms with E-state index in [1.807, 2.05) is 0 Å². The summed E-state index contributed by atoms with van der Waals surface area (Å²) in [7, 11) is 0. The number of Topliss-reactive ketones (excluding diaryl/α,β-unsaturated/α-hetero) is 1. The fourth-order valence-electron chi connectivity index (χ4n) is 2.04. The van der Waals surface area contributed by atoms with E-state index < -0.39 is 0 Å². The number of nitrogens with zero attached hydrogens (tertiary/aromatic N) is 1. The number of carbonyl (C=O) groups is 1. The number of nitrogens with two attached hydrogens (primary N) is 1. The predicted molar refractivity (Wildman–Crippen MR) is 73.9 cm³/mol. The quantitative estimate of drug-likeness (QED) is 0.800. The minimum Gasteiger partial charge on any atom is -0.396 e. The number of thiophene rings is 1. The lowest BCUT2D eigenvalue weighted by atomic mass is 10.0. The van der Waals surface area contributed by atoms with E-state index in [1.54, 1.807) is 0 Å². The summed E-state index contributed by atoms with van der Waals surface area (Å²) in [5.41, 5.74) is 6.95. The monoisotopic (exact) mass is 263 g/mol. The summed E-state index contributed by atoms with van der Waals surface area (Å²) in [6.07, 6.45) is 3.61. The average Bonchev–Trinajstić information content (AvgIpc) is 3.05. The van der Waals surface area contributed by atoms with Crippen LogP contribution in [0.5, 0.6) is 0 Å². The first kappa shape index (κ1) is 12.9. The molecule has 1 aromatic rings. The second-order valence-electron chi connectivity index (χ2n) is 4.92. The highest BCUT2D eigenvalue weighted by molar-refractivity contribution is 7.18. The first-order valence-corrected chi connectivity index (χ1v) is 6.92. The molecule has 1 aromatic heterocycles. The van der Waals surface area contributed by atoms with Crippen molar-refractivity contribution in [2.45, 2.75) is 33.1 Å². The summed E-state index contributed by atoms with van der Waals surface area (Å²) in [5, 5.41) is 13.2. The Morgan fingerprint density at radius 3 is 2.72 bits per heavy atom. The fourth-order valence-corrected chi connectivity index (χ4v) is 3.00. The summed E-state index contributed by atoms with van der Waals surface area (Å²) < 4.78 is 0. The molecule has 4 nitrogen and oxygen atoms in total. The van der Waals surface area contributed by atoms with Crippen molar-refractivity contribution in [3.05, 3.63) is 10.4 Å². The largest absolute Gasteiger partial charge is 0.396 e. The lowest BCUT2D eigenvalue weighted by molar-refractivity contribution is 0.102. The van der Waals surface area contributed by atoms with E-state index in [4.69, 9.17) is 11.0 Å². The van der Waals surface area contributed by atoms with E-state index in [0.29, 0.717) is 21.5 Å². The topological polar surface area (TPSA) is 78.9 Å². The Morgan fingerprint density at radius 2 is 2.28 bits per heavy atom. The summed E-state index contributed by atoms with van der Waals surface area (Å²) in [6.45, 7) is 4.51. The summed E-state index contributed by atoms with van der Waals surface area (Å²) in [4.78, 5) is 11.9. The Balaban J connectivity index is 2.20.